The molecule has 7 nitrogen and oxygen atoms in total. The maximum absolute atomic E-state index is 11.1. The summed E-state index contributed by atoms with van der Waals surface area (Å²) in [5.41, 5.74) is 0.525. The third-order valence-corrected chi connectivity index (χ3v) is 2.63. The number of nitrogens with zero attached hydrogens (tertiary/aromatic N) is 4. The van der Waals surface area contributed by atoms with Crippen molar-refractivity contribution < 1.29 is 14.6 Å². The van der Waals surface area contributed by atoms with Crippen molar-refractivity contribution in [3.63, 3.8) is 0 Å². The summed E-state index contributed by atoms with van der Waals surface area (Å²) in [4.78, 5) is 19.2. The molecule has 0 aliphatic carbocycles. The molecule has 0 fully saturated rings. The number of aromatic carboxylic acids is 1. The van der Waals surface area contributed by atoms with Gasteiger partial charge < -0.3 is 9.84 Å². The van der Waals surface area contributed by atoms with E-state index in [-0.39, 0.29) is 12.3 Å². The Bertz CT molecular complexity index is 755. The van der Waals surface area contributed by atoms with Crippen LogP contribution in [0, 0.1) is 0 Å². The molecule has 0 radical (unpaired) electrons. The molecule has 0 aliphatic rings. The zero-order chi connectivity index (χ0) is 13.9. The molecule has 0 spiro atoms. The zero-order valence-corrected chi connectivity index (χ0v) is 10.3. The van der Waals surface area contributed by atoms with E-state index in [1.54, 1.807) is 36.7 Å². The van der Waals surface area contributed by atoms with E-state index >= 15 is 0 Å². The number of fused-ring (bicyclic) bond motifs is 1. The van der Waals surface area contributed by atoms with E-state index in [2.05, 4.69) is 15.1 Å². The fourth-order valence-corrected chi connectivity index (χ4v) is 1.75. The van der Waals surface area contributed by atoms with Gasteiger partial charge in [0.1, 0.15) is 12.4 Å². The number of rotatable bonds is 4. The van der Waals surface area contributed by atoms with E-state index in [0.29, 0.717) is 17.2 Å². The number of hydrogen-bond donors (Lipinski definition) is 1. The molecule has 7 heteroatoms. The second kappa shape index (κ2) is 4.96. The fraction of sp³-hybridized carbons (Fsp3) is 0.0769. The van der Waals surface area contributed by atoms with Crippen LogP contribution in [0.2, 0.25) is 0 Å². The lowest BCUT2D eigenvalue weighted by Crippen LogP contribution is -2.06. The molecule has 20 heavy (non-hydrogen) atoms. The summed E-state index contributed by atoms with van der Waals surface area (Å²) in [5.74, 6) is -0.0485. The summed E-state index contributed by atoms with van der Waals surface area (Å²) in [6, 6.07) is 8.31. The number of carboxylic acid groups (broad SMARTS) is 1. The summed E-state index contributed by atoms with van der Waals surface area (Å²) < 4.78 is 6.76. The topological polar surface area (TPSA) is 89.6 Å². The molecule has 3 rings (SSSR count). The summed E-state index contributed by atoms with van der Waals surface area (Å²) in [5, 5.41) is 13.2. The molecule has 0 saturated heterocycles. The van der Waals surface area contributed by atoms with Crippen LogP contribution in [-0.2, 0) is 6.61 Å². The Hall–Kier alpha value is -2.96. The van der Waals surface area contributed by atoms with Crippen molar-refractivity contribution in [1.29, 1.82) is 0 Å². The van der Waals surface area contributed by atoms with Crippen molar-refractivity contribution in [2.75, 3.05) is 0 Å². The van der Waals surface area contributed by atoms with E-state index in [0.717, 1.165) is 0 Å². The molecule has 0 amide bonds. The van der Waals surface area contributed by atoms with Gasteiger partial charge in [0, 0.05) is 6.20 Å². The molecule has 3 aromatic heterocycles. The van der Waals surface area contributed by atoms with Crippen LogP contribution in [0.15, 0.2) is 42.7 Å². The second-order valence-electron chi connectivity index (χ2n) is 3.99. The molecule has 0 bridgehead atoms. The van der Waals surface area contributed by atoms with Crippen LogP contribution in [0.25, 0.3) is 5.65 Å². The average Bonchev–Trinajstić information content (AvgIpc) is 2.88. The minimum Gasteiger partial charge on any atom is -0.484 e. The highest BCUT2D eigenvalue weighted by Gasteiger charge is 2.12. The van der Waals surface area contributed by atoms with E-state index in [4.69, 9.17) is 9.84 Å². The first-order valence-electron chi connectivity index (χ1n) is 5.85. The summed E-state index contributed by atoms with van der Waals surface area (Å²) in [6.45, 7) is 0.145. The largest absolute Gasteiger partial charge is 0.484 e. The maximum atomic E-state index is 11.1. The van der Waals surface area contributed by atoms with Crippen LogP contribution in [0.1, 0.15) is 16.3 Å². The Morgan fingerprint density at radius 2 is 2.20 bits per heavy atom. The predicted molar refractivity (Wildman–Crippen MR) is 68.5 cm³/mol. The number of ether oxygens (including phenoxy) is 1. The van der Waals surface area contributed by atoms with Gasteiger partial charge in [-0.25, -0.2) is 14.3 Å². The highest BCUT2D eigenvalue weighted by Crippen LogP contribution is 2.10. The predicted octanol–water partition coefficient (Wildman–Crippen LogP) is 1.40. The van der Waals surface area contributed by atoms with Crippen LogP contribution < -0.4 is 4.74 Å². The Kier molecular flexibility index (Phi) is 3.00. The summed E-state index contributed by atoms with van der Waals surface area (Å²) in [7, 11) is 0. The lowest BCUT2D eigenvalue weighted by atomic mass is 10.3. The van der Waals surface area contributed by atoms with Gasteiger partial charge in [0.15, 0.2) is 17.2 Å². The average molecular weight is 270 g/mol. The lowest BCUT2D eigenvalue weighted by Gasteiger charge is -2.01. The van der Waals surface area contributed by atoms with E-state index < -0.39 is 5.97 Å². The van der Waals surface area contributed by atoms with Crippen LogP contribution in [0.5, 0.6) is 5.75 Å². The molecule has 0 saturated carbocycles. The van der Waals surface area contributed by atoms with Crippen LogP contribution >= 0.6 is 0 Å². The molecule has 1 N–H and O–H groups in total. The van der Waals surface area contributed by atoms with Gasteiger partial charge in [0.05, 0.1) is 6.20 Å². The minimum atomic E-state index is -1.06. The van der Waals surface area contributed by atoms with Gasteiger partial charge in [-0.15, -0.1) is 5.10 Å². The zero-order valence-electron chi connectivity index (χ0n) is 10.3. The number of carboxylic acids is 1. The Morgan fingerprint density at radius 1 is 1.30 bits per heavy atom. The number of hydrogen-bond acceptors (Lipinski definition) is 5. The molecular weight excluding hydrogens is 260 g/mol. The fourth-order valence-electron chi connectivity index (χ4n) is 1.75. The Morgan fingerprint density at radius 3 is 2.95 bits per heavy atom. The monoisotopic (exact) mass is 270 g/mol. The lowest BCUT2D eigenvalue weighted by molar-refractivity contribution is 0.0687. The van der Waals surface area contributed by atoms with E-state index in [9.17, 15) is 4.79 Å². The van der Waals surface area contributed by atoms with Crippen LogP contribution in [0.4, 0.5) is 0 Å². The minimum absolute atomic E-state index is 0.0580. The summed E-state index contributed by atoms with van der Waals surface area (Å²) in [6.07, 6.45) is 3.23. The number of carbonyl (C=O) groups is 1. The first kappa shape index (κ1) is 12.1. The van der Waals surface area contributed by atoms with E-state index in [1.807, 2.05) is 0 Å². The smallest absolute Gasteiger partial charge is 0.354 e. The molecule has 0 aliphatic heterocycles. The van der Waals surface area contributed by atoms with Crippen molar-refractivity contribution in [3.05, 3.63) is 54.2 Å². The van der Waals surface area contributed by atoms with Crippen molar-refractivity contribution >= 4 is 11.6 Å². The molecule has 3 heterocycles. The molecule has 100 valence electrons. The van der Waals surface area contributed by atoms with Crippen molar-refractivity contribution in [2.24, 2.45) is 0 Å². The number of aromatic nitrogens is 4. The molecule has 0 atom stereocenters. The van der Waals surface area contributed by atoms with Crippen molar-refractivity contribution in [3.8, 4) is 5.75 Å². The molecule has 0 aromatic carbocycles. The first-order chi connectivity index (χ1) is 9.74. The second-order valence-corrected chi connectivity index (χ2v) is 3.99. The van der Waals surface area contributed by atoms with Gasteiger partial charge in [-0.2, -0.15) is 0 Å². The standard InChI is InChI=1S/C13H10N4O3/c18-13(19)10-4-1-5-12-15-11(16-17(10)12)8-20-9-3-2-6-14-7-9/h1-7H,8H2,(H,18,19). The van der Waals surface area contributed by atoms with Gasteiger partial charge in [0.2, 0.25) is 0 Å². The Labute approximate surface area is 113 Å². The molecule has 0 unspecified atom stereocenters. The van der Waals surface area contributed by atoms with Gasteiger partial charge in [0.25, 0.3) is 0 Å². The molecular formula is C13H10N4O3. The normalized spacial score (nSPS) is 10.6. The SMILES string of the molecule is O=C(O)c1cccc2nc(COc3cccnc3)nn12. The Balaban J connectivity index is 1.86. The van der Waals surface area contributed by atoms with Gasteiger partial charge >= 0.3 is 5.97 Å². The number of pyridine rings is 2. The van der Waals surface area contributed by atoms with Gasteiger partial charge in [-0.3, -0.25) is 4.98 Å². The van der Waals surface area contributed by atoms with Crippen molar-refractivity contribution in [1.82, 2.24) is 19.6 Å². The third-order valence-electron chi connectivity index (χ3n) is 2.63. The maximum Gasteiger partial charge on any atom is 0.354 e. The quantitative estimate of drug-likeness (QED) is 0.770. The van der Waals surface area contributed by atoms with Gasteiger partial charge in [-0.1, -0.05) is 6.07 Å². The van der Waals surface area contributed by atoms with E-state index in [1.165, 1.54) is 10.6 Å². The van der Waals surface area contributed by atoms with Gasteiger partial charge in [-0.05, 0) is 24.3 Å². The first-order valence-corrected chi connectivity index (χ1v) is 5.85. The highest BCUT2D eigenvalue weighted by atomic mass is 16.5. The third kappa shape index (κ3) is 2.28. The van der Waals surface area contributed by atoms with Crippen LogP contribution in [0.3, 0.4) is 0 Å². The van der Waals surface area contributed by atoms with Crippen molar-refractivity contribution in [2.45, 2.75) is 6.61 Å². The molecule has 3 aromatic rings. The highest BCUT2D eigenvalue weighted by molar-refractivity contribution is 5.86. The summed E-state index contributed by atoms with van der Waals surface area (Å²) >= 11 is 0. The van der Waals surface area contributed by atoms with Crippen LogP contribution in [-0.4, -0.2) is 30.7 Å².